The Morgan fingerprint density at radius 3 is 2.35 bits per heavy atom. The average Bonchev–Trinajstić information content (AvgIpc) is 2.85. The highest BCUT2D eigenvalue weighted by atomic mass is 16.6. The fourth-order valence-electron chi connectivity index (χ4n) is 3.33. The number of rotatable bonds is 11. The van der Waals surface area contributed by atoms with E-state index in [1.807, 2.05) is 30.3 Å². The highest BCUT2D eigenvalue weighted by Crippen LogP contribution is 2.34. The van der Waals surface area contributed by atoms with E-state index in [4.69, 9.17) is 15.2 Å². The minimum absolute atomic E-state index is 0.0210. The highest BCUT2D eigenvalue weighted by molar-refractivity contribution is 5.80. The van der Waals surface area contributed by atoms with Crippen LogP contribution in [0.4, 0.5) is 5.69 Å². The molecular formula is C25H25N3O6. The molecule has 9 nitrogen and oxygen atoms in total. The van der Waals surface area contributed by atoms with Crippen LogP contribution in [0.2, 0.25) is 0 Å². The van der Waals surface area contributed by atoms with Crippen molar-refractivity contribution in [2.24, 2.45) is 5.73 Å². The monoisotopic (exact) mass is 463 g/mol. The van der Waals surface area contributed by atoms with Gasteiger partial charge in [0, 0.05) is 37.2 Å². The van der Waals surface area contributed by atoms with Gasteiger partial charge in [0.25, 0.3) is 11.6 Å². The maximum atomic E-state index is 13.0. The Kier molecular flexibility index (Phi) is 8.17. The van der Waals surface area contributed by atoms with Crippen LogP contribution in [0, 0.1) is 10.1 Å². The van der Waals surface area contributed by atoms with Gasteiger partial charge in [-0.15, -0.1) is 0 Å². The lowest BCUT2D eigenvalue weighted by molar-refractivity contribution is -0.384. The number of nitro benzene ring substituents is 1. The van der Waals surface area contributed by atoms with Crippen molar-refractivity contribution in [1.29, 1.82) is 0 Å². The Hall–Kier alpha value is -4.40. The maximum absolute atomic E-state index is 13.0. The van der Waals surface area contributed by atoms with Crippen molar-refractivity contribution in [1.82, 2.24) is 4.90 Å². The molecule has 0 atom stereocenters. The Morgan fingerprint density at radius 2 is 1.74 bits per heavy atom. The SMILES string of the molecule is COc1ccc(-c2cc([N+](=O)[O-])ccc2OCC(=O)N(CCC(N)=O)Cc2ccccc2)cc1. The predicted molar refractivity (Wildman–Crippen MR) is 126 cm³/mol. The quantitative estimate of drug-likeness (QED) is 0.342. The summed E-state index contributed by atoms with van der Waals surface area (Å²) in [4.78, 5) is 36.5. The summed E-state index contributed by atoms with van der Waals surface area (Å²) in [5, 5.41) is 11.3. The van der Waals surface area contributed by atoms with Gasteiger partial charge in [0.05, 0.1) is 12.0 Å². The minimum atomic E-state index is -0.510. The molecule has 0 saturated heterocycles. The second-order valence-electron chi connectivity index (χ2n) is 7.47. The number of benzene rings is 3. The van der Waals surface area contributed by atoms with Crippen LogP contribution >= 0.6 is 0 Å². The zero-order valence-electron chi connectivity index (χ0n) is 18.7. The number of amides is 2. The van der Waals surface area contributed by atoms with Crippen LogP contribution in [-0.2, 0) is 16.1 Å². The fraction of sp³-hybridized carbons (Fsp3) is 0.200. The number of methoxy groups -OCH3 is 1. The van der Waals surface area contributed by atoms with Gasteiger partial charge in [0.15, 0.2) is 6.61 Å². The summed E-state index contributed by atoms with van der Waals surface area (Å²) in [6, 6.07) is 20.5. The van der Waals surface area contributed by atoms with E-state index in [1.165, 1.54) is 23.1 Å². The molecule has 0 aromatic heterocycles. The van der Waals surface area contributed by atoms with Gasteiger partial charge in [-0.1, -0.05) is 42.5 Å². The number of carbonyl (C=O) groups is 2. The highest BCUT2D eigenvalue weighted by Gasteiger charge is 2.18. The fourth-order valence-corrected chi connectivity index (χ4v) is 3.33. The molecule has 0 unspecified atom stereocenters. The smallest absolute Gasteiger partial charge is 0.270 e. The lowest BCUT2D eigenvalue weighted by atomic mass is 10.0. The summed E-state index contributed by atoms with van der Waals surface area (Å²) in [5.74, 6) is 0.101. The van der Waals surface area contributed by atoms with Crippen molar-refractivity contribution in [2.75, 3.05) is 20.3 Å². The van der Waals surface area contributed by atoms with Crippen molar-refractivity contribution in [3.05, 3.63) is 88.5 Å². The summed E-state index contributed by atoms with van der Waals surface area (Å²) in [6.45, 7) is 0.131. The largest absolute Gasteiger partial charge is 0.497 e. The number of ether oxygens (including phenoxy) is 2. The lowest BCUT2D eigenvalue weighted by Gasteiger charge is -2.23. The molecule has 0 aliphatic carbocycles. The molecule has 0 saturated carbocycles. The minimum Gasteiger partial charge on any atom is -0.497 e. The number of carbonyl (C=O) groups excluding carboxylic acids is 2. The Labute approximate surface area is 196 Å². The molecule has 2 N–H and O–H groups in total. The number of nitrogens with two attached hydrogens (primary N) is 1. The molecule has 3 aromatic carbocycles. The number of nitro groups is 1. The number of primary amides is 1. The van der Waals surface area contributed by atoms with Crippen molar-refractivity contribution < 1.29 is 24.0 Å². The van der Waals surface area contributed by atoms with E-state index in [1.54, 1.807) is 31.4 Å². The van der Waals surface area contributed by atoms with Gasteiger partial charge < -0.3 is 20.1 Å². The first kappa shape index (κ1) is 24.2. The molecule has 0 spiro atoms. The van der Waals surface area contributed by atoms with Crippen LogP contribution in [0.5, 0.6) is 11.5 Å². The van der Waals surface area contributed by atoms with E-state index < -0.39 is 10.8 Å². The van der Waals surface area contributed by atoms with E-state index in [-0.39, 0.29) is 31.2 Å². The topological polar surface area (TPSA) is 125 Å². The normalized spacial score (nSPS) is 10.4. The van der Waals surface area contributed by atoms with E-state index in [0.29, 0.717) is 29.2 Å². The maximum Gasteiger partial charge on any atom is 0.270 e. The molecule has 0 bridgehead atoms. The van der Waals surface area contributed by atoms with Gasteiger partial charge in [-0.05, 0) is 29.3 Å². The molecule has 34 heavy (non-hydrogen) atoms. The van der Waals surface area contributed by atoms with Gasteiger partial charge in [0.1, 0.15) is 11.5 Å². The van der Waals surface area contributed by atoms with E-state index >= 15 is 0 Å². The van der Waals surface area contributed by atoms with Crippen molar-refractivity contribution in [2.45, 2.75) is 13.0 Å². The molecule has 0 radical (unpaired) electrons. The number of hydrogen-bond acceptors (Lipinski definition) is 6. The average molecular weight is 463 g/mol. The molecule has 176 valence electrons. The summed E-state index contributed by atoms with van der Waals surface area (Å²) in [6.07, 6.45) is 0.0210. The Bertz CT molecular complexity index is 1150. The number of nitrogens with zero attached hydrogens (tertiary/aromatic N) is 2. The van der Waals surface area contributed by atoms with Crippen LogP contribution in [-0.4, -0.2) is 41.9 Å². The summed E-state index contributed by atoms with van der Waals surface area (Å²) >= 11 is 0. The molecule has 9 heteroatoms. The second kappa shape index (κ2) is 11.5. The third-order valence-corrected chi connectivity index (χ3v) is 5.12. The van der Waals surface area contributed by atoms with Crippen LogP contribution in [0.25, 0.3) is 11.1 Å². The third kappa shape index (κ3) is 6.55. The van der Waals surface area contributed by atoms with Gasteiger partial charge in [-0.3, -0.25) is 19.7 Å². The third-order valence-electron chi connectivity index (χ3n) is 5.12. The van der Waals surface area contributed by atoms with E-state index in [0.717, 1.165) is 5.56 Å². The Balaban J connectivity index is 1.81. The van der Waals surface area contributed by atoms with Crippen LogP contribution < -0.4 is 15.2 Å². The first-order valence-corrected chi connectivity index (χ1v) is 10.5. The van der Waals surface area contributed by atoms with Crippen LogP contribution in [0.3, 0.4) is 0 Å². The predicted octanol–water partition coefficient (Wildman–Crippen LogP) is 3.55. The molecular weight excluding hydrogens is 438 g/mol. The van der Waals surface area contributed by atoms with Crippen LogP contribution in [0.1, 0.15) is 12.0 Å². The standard InChI is InChI=1S/C25H25N3O6/c1-33-21-10-7-19(8-11-21)22-15-20(28(31)32)9-12-23(22)34-17-25(30)27(14-13-24(26)29)16-18-5-3-2-4-6-18/h2-12,15H,13-14,16-17H2,1H3,(H2,26,29). The van der Waals surface area contributed by atoms with Gasteiger partial charge in [-0.2, -0.15) is 0 Å². The molecule has 0 aliphatic rings. The molecule has 3 rings (SSSR count). The Morgan fingerprint density at radius 1 is 1.03 bits per heavy atom. The first-order valence-electron chi connectivity index (χ1n) is 10.5. The summed E-state index contributed by atoms with van der Waals surface area (Å²) in [7, 11) is 1.54. The molecule has 3 aromatic rings. The van der Waals surface area contributed by atoms with Crippen LogP contribution in [0.15, 0.2) is 72.8 Å². The van der Waals surface area contributed by atoms with Crippen molar-refractivity contribution >= 4 is 17.5 Å². The van der Waals surface area contributed by atoms with Crippen molar-refractivity contribution in [3.63, 3.8) is 0 Å². The second-order valence-corrected chi connectivity index (χ2v) is 7.47. The molecule has 0 fully saturated rings. The summed E-state index contributed by atoms with van der Waals surface area (Å²) in [5.41, 5.74) is 7.21. The van der Waals surface area contributed by atoms with Gasteiger partial charge >= 0.3 is 0 Å². The van der Waals surface area contributed by atoms with E-state index in [9.17, 15) is 19.7 Å². The molecule has 0 aliphatic heterocycles. The number of hydrogen-bond donors (Lipinski definition) is 1. The number of non-ortho nitro benzene ring substituents is 1. The molecule has 0 heterocycles. The van der Waals surface area contributed by atoms with Gasteiger partial charge in [-0.25, -0.2) is 0 Å². The summed E-state index contributed by atoms with van der Waals surface area (Å²) < 4.78 is 11.0. The zero-order chi connectivity index (χ0) is 24.5. The molecule has 2 amide bonds. The van der Waals surface area contributed by atoms with Gasteiger partial charge in [0.2, 0.25) is 5.91 Å². The first-order chi connectivity index (χ1) is 16.4. The van der Waals surface area contributed by atoms with E-state index in [2.05, 4.69) is 0 Å². The zero-order valence-corrected chi connectivity index (χ0v) is 18.7. The van der Waals surface area contributed by atoms with Crippen molar-refractivity contribution in [3.8, 4) is 22.6 Å². The lowest BCUT2D eigenvalue weighted by Crippen LogP contribution is -2.36.